The summed E-state index contributed by atoms with van der Waals surface area (Å²) >= 11 is 5.88. The van der Waals surface area contributed by atoms with E-state index in [0.717, 1.165) is 5.52 Å². The normalized spacial score (nSPS) is 10.5. The topological polar surface area (TPSA) is 43.6 Å². The summed E-state index contributed by atoms with van der Waals surface area (Å²) in [5.74, 6) is -0.400. The fourth-order valence-corrected chi connectivity index (χ4v) is 1.57. The number of nitrogens with zero attached hydrogens (tertiary/aromatic N) is 2. The van der Waals surface area contributed by atoms with Crippen LogP contribution in [0.4, 0.5) is 0 Å². The molecule has 0 N–H and O–H groups in total. The van der Waals surface area contributed by atoms with Crippen LogP contribution in [0.3, 0.4) is 0 Å². The summed E-state index contributed by atoms with van der Waals surface area (Å²) in [6, 6.07) is 3.30. The fourth-order valence-electron chi connectivity index (χ4n) is 1.36. The molecule has 0 saturated heterocycles. The average molecular weight is 225 g/mol. The molecule has 0 aromatic carbocycles. The van der Waals surface area contributed by atoms with Gasteiger partial charge in [-0.25, -0.2) is 9.78 Å². The number of hydrogen-bond acceptors (Lipinski definition) is 3. The molecular formula is C10H9ClN2O2. The standard InChI is InChI=1S/C10H9ClN2O2/c1-2-15-10(14)9-4-7(11)3-8-5-12-6-13(8)9/h3-6H,2H2,1H3. The van der Waals surface area contributed by atoms with Gasteiger partial charge in [-0.05, 0) is 19.1 Å². The molecule has 0 saturated carbocycles. The van der Waals surface area contributed by atoms with Crippen molar-refractivity contribution in [1.82, 2.24) is 9.38 Å². The Morgan fingerprint density at radius 2 is 2.40 bits per heavy atom. The molecule has 0 unspecified atom stereocenters. The molecule has 5 heteroatoms. The fraction of sp³-hybridized carbons (Fsp3) is 0.200. The summed E-state index contributed by atoms with van der Waals surface area (Å²) in [6.45, 7) is 2.09. The Balaban J connectivity index is 2.57. The van der Waals surface area contributed by atoms with Gasteiger partial charge in [0.25, 0.3) is 0 Å². The third-order valence-electron chi connectivity index (χ3n) is 1.97. The number of carbonyl (C=O) groups excluding carboxylic acids is 1. The molecule has 0 bridgehead atoms. The lowest BCUT2D eigenvalue weighted by Crippen LogP contribution is -2.09. The maximum absolute atomic E-state index is 11.6. The first kappa shape index (κ1) is 9.98. The summed E-state index contributed by atoms with van der Waals surface area (Å²) in [4.78, 5) is 15.5. The molecule has 0 aliphatic carbocycles. The van der Waals surface area contributed by atoms with Crippen LogP contribution in [0.5, 0.6) is 0 Å². The van der Waals surface area contributed by atoms with Crippen LogP contribution in [0.2, 0.25) is 5.02 Å². The van der Waals surface area contributed by atoms with Gasteiger partial charge in [-0.1, -0.05) is 11.6 Å². The minimum absolute atomic E-state index is 0.335. The molecule has 2 aromatic rings. The van der Waals surface area contributed by atoms with E-state index in [-0.39, 0.29) is 0 Å². The maximum Gasteiger partial charge on any atom is 0.355 e. The van der Waals surface area contributed by atoms with E-state index in [0.29, 0.717) is 17.3 Å². The van der Waals surface area contributed by atoms with Gasteiger partial charge >= 0.3 is 5.97 Å². The Kier molecular flexibility index (Phi) is 2.60. The van der Waals surface area contributed by atoms with E-state index >= 15 is 0 Å². The molecule has 2 heterocycles. The average Bonchev–Trinajstić information content (AvgIpc) is 2.64. The van der Waals surface area contributed by atoms with E-state index in [1.165, 1.54) is 0 Å². The van der Waals surface area contributed by atoms with Crippen LogP contribution in [0.15, 0.2) is 24.7 Å². The van der Waals surface area contributed by atoms with Crippen LogP contribution in [-0.4, -0.2) is 22.0 Å². The van der Waals surface area contributed by atoms with Crippen LogP contribution in [-0.2, 0) is 4.74 Å². The first-order chi connectivity index (χ1) is 7.22. The van der Waals surface area contributed by atoms with E-state index in [1.54, 1.807) is 36.0 Å². The lowest BCUT2D eigenvalue weighted by atomic mass is 10.3. The van der Waals surface area contributed by atoms with Gasteiger partial charge in [-0.2, -0.15) is 0 Å². The zero-order valence-corrected chi connectivity index (χ0v) is 8.86. The predicted molar refractivity (Wildman–Crippen MR) is 56.2 cm³/mol. The van der Waals surface area contributed by atoms with Crippen molar-refractivity contribution in [2.45, 2.75) is 6.92 Å². The van der Waals surface area contributed by atoms with E-state index in [2.05, 4.69) is 4.98 Å². The second-order valence-electron chi connectivity index (χ2n) is 2.97. The van der Waals surface area contributed by atoms with Crippen molar-refractivity contribution in [2.75, 3.05) is 6.61 Å². The summed E-state index contributed by atoms with van der Waals surface area (Å²) < 4.78 is 6.56. The van der Waals surface area contributed by atoms with Crippen LogP contribution in [0.25, 0.3) is 5.52 Å². The molecule has 0 radical (unpaired) electrons. The molecule has 0 aliphatic rings. The van der Waals surface area contributed by atoms with Crippen molar-refractivity contribution >= 4 is 23.1 Å². The Labute approximate surface area is 91.4 Å². The highest BCUT2D eigenvalue weighted by molar-refractivity contribution is 6.31. The van der Waals surface area contributed by atoms with Crippen LogP contribution in [0, 0.1) is 0 Å². The number of pyridine rings is 1. The SMILES string of the molecule is CCOC(=O)c1cc(Cl)cc2cncn12. The third kappa shape index (κ3) is 1.80. The minimum Gasteiger partial charge on any atom is -0.461 e. The molecule has 2 rings (SSSR count). The summed E-state index contributed by atoms with van der Waals surface area (Å²) in [5.41, 5.74) is 1.16. The van der Waals surface area contributed by atoms with Crippen LogP contribution >= 0.6 is 11.6 Å². The molecule has 0 atom stereocenters. The zero-order chi connectivity index (χ0) is 10.8. The number of imidazole rings is 1. The van der Waals surface area contributed by atoms with Gasteiger partial charge in [0.1, 0.15) is 5.69 Å². The highest BCUT2D eigenvalue weighted by Gasteiger charge is 2.12. The molecule has 0 amide bonds. The van der Waals surface area contributed by atoms with Gasteiger partial charge in [0.15, 0.2) is 0 Å². The van der Waals surface area contributed by atoms with Crippen molar-refractivity contribution in [3.05, 3.63) is 35.4 Å². The van der Waals surface area contributed by atoms with E-state index in [4.69, 9.17) is 16.3 Å². The van der Waals surface area contributed by atoms with Crippen molar-refractivity contribution in [3.8, 4) is 0 Å². The number of ether oxygens (including phenoxy) is 1. The van der Waals surface area contributed by atoms with Crippen molar-refractivity contribution < 1.29 is 9.53 Å². The Hall–Kier alpha value is -1.55. The Bertz CT molecular complexity index is 507. The van der Waals surface area contributed by atoms with E-state index in [1.807, 2.05) is 0 Å². The number of fused-ring (bicyclic) bond motifs is 1. The number of carbonyl (C=O) groups is 1. The lowest BCUT2D eigenvalue weighted by molar-refractivity contribution is 0.0517. The van der Waals surface area contributed by atoms with Gasteiger partial charge in [0.05, 0.1) is 24.6 Å². The molecule has 78 valence electrons. The van der Waals surface area contributed by atoms with Gasteiger partial charge < -0.3 is 4.74 Å². The number of aromatic nitrogens is 2. The van der Waals surface area contributed by atoms with Crippen LogP contribution < -0.4 is 0 Å². The minimum atomic E-state index is -0.400. The largest absolute Gasteiger partial charge is 0.461 e. The van der Waals surface area contributed by atoms with Gasteiger partial charge in [0, 0.05) is 5.02 Å². The molecular weight excluding hydrogens is 216 g/mol. The highest BCUT2D eigenvalue weighted by Crippen LogP contribution is 2.16. The number of esters is 1. The number of hydrogen-bond donors (Lipinski definition) is 0. The summed E-state index contributed by atoms with van der Waals surface area (Å²) in [7, 11) is 0. The third-order valence-corrected chi connectivity index (χ3v) is 2.19. The smallest absolute Gasteiger partial charge is 0.355 e. The first-order valence-corrected chi connectivity index (χ1v) is 4.89. The van der Waals surface area contributed by atoms with Crippen molar-refractivity contribution in [3.63, 3.8) is 0 Å². The molecule has 4 nitrogen and oxygen atoms in total. The summed E-state index contributed by atoms with van der Waals surface area (Å²) in [6.07, 6.45) is 3.19. The first-order valence-electron chi connectivity index (χ1n) is 4.51. The molecule has 0 aliphatic heterocycles. The Morgan fingerprint density at radius 3 is 3.13 bits per heavy atom. The van der Waals surface area contributed by atoms with E-state index in [9.17, 15) is 4.79 Å². The van der Waals surface area contributed by atoms with Gasteiger partial charge in [-0.15, -0.1) is 0 Å². The predicted octanol–water partition coefficient (Wildman–Crippen LogP) is 2.16. The van der Waals surface area contributed by atoms with Crippen molar-refractivity contribution in [1.29, 1.82) is 0 Å². The van der Waals surface area contributed by atoms with Gasteiger partial charge in [0.2, 0.25) is 0 Å². The van der Waals surface area contributed by atoms with Gasteiger partial charge in [-0.3, -0.25) is 4.40 Å². The summed E-state index contributed by atoms with van der Waals surface area (Å²) in [5, 5.41) is 0.492. The molecule has 0 spiro atoms. The second kappa shape index (κ2) is 3.90. The molecule has 0 fully saturated rings. The van der Waals surface area contributed by atoms with E-state index < -0.39 is 5.97 Å². The highest BCUT2D eigenvalue weighted by atomic mass is 35.5. The van der Waals surface area contributed by atoms with Crippen LogP contribution in [0.1, 0.15) is 17.4 Å². The second-order valence-corrected chi connectivity index (χ2v) is 3.40. The number of halogens is 1. The monoisotopic (exact) mass is 224 g/mol. The van der Waals surface area contributed by atoms with Crippen molar-refractivity contribution in [2.24, 2.45) is 0 Å². The maximum atomic E-state index is 11.6. The quantitative estimate of drug-likeness (QED) is 0.735. The lowest BCUT2D eigenvalue weighted by Gasteiger charge is -2.05. The Morgan fingerprint density at radius 1 is 1.60 bits per heavy atom. The zero-order valence-electron chi connectivity index (χ0n) is 8.11. The molecule has 15 heavy (non-hydrogen) atoms. The molecule has 2 aromatic heterocycles. The number of rotatable bonds is 2.